The van der Waals surface area contributed by atoms with Gasteiger partial charge in [-0.15, -0.1) is 0 Å². The van der Waals surface area contributed by atoms with Crippen LogP contribution in [0.4, 0.5) is 0 Å². The molecule has 0 aromatic carbocycles. The summed E-state index contributed by atoms with van der Waals surface area (Å²) >= 11 is 0. The van der Waals surface area contributed by atoms with Gasteiger partial charge in [0.15, 0.2) is 5.82 Å². The zero-order valence-electron chi connectivity index (χ0n) is 10.9. The molecule has 0 aliphatic rings. The summed E-state index contributed by atoms with van der Waals surface area (Å²) in [6.45, 7) is 7.19. The van der Waals surface area contributed by atoms with Gasteiger partial charge in [0.05, 0.1) is 0 Å². The van der Waals surface area contributed by atoms with Gasteiger partial charge in [-0.2, -0.15) is 5.10 Å². The van der Waals surface area contributed by atoms with Crippen molar-refractivity contribution in [3.05, 3.63) is 11.6 Å². The van der Waals surface area contributed by atoms with Gasteiger partial charge in [-0.05, 0) is 12.3 Å². The largest absolute Gasteiger partial charge is 0.330 e. The van der Waals surface area contributed by atoms with E-state index in [9.17, 15) is 0 Å². The summed E-state index contributed by atoms with van der Waals surface area (Å²) < 4.78 is 1.89. The molecule has 4 nitrogen and oxygen atoms in total. The first kappa shape index (κ1) is 13.2. The van der Waals surface area contributed by atoms with Crippen LogP contribution in [0, 0.1) is 5.92 Å². The van der Waals surface area contributed by atoms with Crippen molar-refractivity contribution in [2.45, 2.75) is 46.0 Å². The van der Waals surface area contributed by atoms with Crippen molar-refractivity contribution >= 4 is 0 Å². The van der Waals surface area contributed by atoms with Crippen molar-refractivity contribution in [3.8, 4) is 0 Å². The monoisotopic (exact) mass is 224 g/mol. The van der Waals surface area contributed by atoms with Crippen LogP contribution < -0.4 is 5.73 Å². The average Bonchev–Trinajstić information content (AvgIpc) is 2.55. The van der Waals surface area contributed by atoms with Crippen LogP contribution in [-0.4, -0.2) is 21.3 Å². The predicted octanol–water partition coefficient (Wildman–Crippen LogP) is 1.86. The minimum Gasteiger partial charge on any atom is -0.330 e. The molecule has 1 aromatic heterocycles. The first-order valence-electron chi connectivity index (χ1n) is 6.18. The molecular formula is C12H24N4. The second kappa shape index (κ2) is 5.99. The Kier molecular flexibility index (Phi) is 4.93. The lowest BCUT2D eigenvalue weighted by molar-refractivity contribution is 0.551. The lowest BCUT2D eigenvalue weighted by Crippen LogP contribution is -2.16. The lowest BCUT2D eigenvalue weighted by atomic mass is 10.0. The number of aryl methyl sites for hydroxylation is 1. The number of nitrogens with zero attached hydrogens (tertiary/aromatic N) is 3. The minimum atomic E-state index is 0.350. The highest BCUT2D eigenvalue weighted by Gasteiger charge is 2.16. The molecule has 1 aromatic rings. The number of hydrogen-bond acceptors (Lipinski definition) is 3. The van der Waals surface area contributed by atoms with Gasteiger partial charge in [0.2, 0.25) is 0 Å². The van der Waals surface area contributed by atoms with E-state index in [1.165, 1.54) is 0 Å². The summed E-state index contributed by atoms with van der Waals surface area (Å²) in [6, 6.07) is 0. The molecule has 1 atom stereocenters. The van der Waals surface area contributed by atoms with Crippen molar-refractivity contribution in [2.75, 3.05) is 6.54 Å². The van der Waals surface area contributed by atoms with Crippen LogP contribution in [-0.2, 0) is 13.5 Å². The third-order valence-electron chi connectivity index (χ3n) is 2.72. The van der Waals surface area contributed by atoms with Gasteiger partial charge in [-0.25, -0.2) is 4.98 Å². The Morgan fingerprint density at radius 3 is 2.56 bits per heavy atom. The van der Waals surface area contributed by atoms with E-state index in [2.05, 4.69) is 30.9 Å². The van der Waals surface area contributed by atoms with E-state index in [4.69, 9.17) is 5.73 Å². The molecule has 0 spiro atoms. The quantitative estimate of drug-likeness (QED) is 0.802. The van der Waals surface area contributed by atoms with Gasteiger partial charge >= 0.3 is 0 Å². The second-order valence-corrected chi connectivity index (χ2v) is 4.83. The zero-order valence-corrected chi connectivity index (χ0v) is 10.9. The van der Waals surface area contributed by atoms with Crippen LogP contribution >= 0.6 is 0 Å². The van der Waals surface area contributed by atoms with E-state index in [1.807, 2.05) is 11.7 Å². The molecule has 92 valence electrons. The molecule has 2 N–H and O–H groups in total. The fraction of sp³-hybridized carbons (Fsp3) is 0.833. The van der Waals surface area contributed by atoms with E-state index in [-0.39, 0.29) is 0 Å². The first-order valence-corrected chi connectivity index (χ1v) is 6.18. The zero-order chi connectivity index (χ0) is 12.1. The van der Waals surface area contributed by atoms with E-state index >= 15 is 0 Å². The molecule has 1 heterocycles. The molecule has 0 bridgehead atoms. The van der Waals surface area contributed by atoms with Crippen molar-refractivity contribution in [1.82, 2.24) is 14.8 Å². The molecular weight excluding hydrogens is 200 g/mol. The maximum absolute atomic E-state index is 5.79. The van der Waals surface area contributed by atoms with Gasteiger partial charge in [-0.1, -0.05) is 27.2 Å². The second-order valence-electron chi connectivity index (χ2n) is 4.83. The third kappa shape index (κ3) is 3.30. The smallest absolute Gasteiger partial charge is 0.151 e. The summed E-state index contributed by atoms with van der Waals surface area (Å²) in [5.74, 6) is 2.93. The normalized spacial score (nSPS) is 13.4. The highest BCUT2D eigenvalue weighted by molar-refractivity contribution is 5.01. The molecule has 0 amide bonds. The highest BCUT2D eigenvalue weighted by atomic mass is 15.3. The van der Waals surface area contributed by atoms with Crippen molar-refractivity contribution in [3.63, 3.8) is 0 Å². The van der Waals surface area contributed by atoms with Crippen LogP contribution in [0.1, 0.15) is 51.2 Å². The fourth-order valence-corrected chi connectivity index (χ4v) is 1.96. The van der Waals surface area contributed by atoms with Gasteiger partial charge in [0, 0.05) is 25.9 Å². The fourth-order valence-electron chi connectivity index (χ4n) is 1.96. The Bertz CT molecular complexity index is 317. The molecule has 16 heavy (non-hydrogen) atoms. The number of aromatic nitrogens is 3. The van der Waals surface area contributed by atoms with Crippen LogP contribution in [0.25, 0.3) is 0 Å². The standard InChI is InChI=1S/C12H24N4/c1-5-6-10(8-13)12-14-11(7-9(2)3)15-16(12)4/h9-10H,5-8,13H2,1-4H3. The summed E-state index contributed by atoms with van der Waals surface area (Å²) in [4.78, 5) is 4.61. The summed E-state index contributed by atoms with van der Waals surface area (Å²) in [5.41, 5.74) is 5.79. The maximum Gasteiger partial charge on any atom is 0.151 e. The molecule has 1 rings (SSSR count). The number of hydrogen-bond donors (Lipinski definition) is 1. The van der Waals surface area contributed by atoms with E-state index in [0.29, 0.717) is 18.4 Å². The minimum absolute atomic E-state index is 0.350. The molecule has 0 radical (unpaired) electrons. The van der Waals surface area contributed by atoms with Gasteiger partial charge in [0.1, 0.15) is 5.82 Å². The van der Waals surface area contributed by atoms with Gasteiger partial charge < -0.3 is 5.73 Å². The van der Waals surface area contributed by atoms with E-state index in [1.54, 1.807) is 0 Å². The molecule has 4 heteroatoms. The Morgan fingerprint density at radius 1 is 1.38 bits per heavy atom. The molecule has 0 saturated heterocycles. The average molecular weight is 224 g/mol. The highest BCUT2D eigenvalue weighted by Crippen LogP contribution is 2.18. The Balaban J connectivity index is 2.82. The Labute approximate surface area is 98.2 Å². The number of rotatable bonds is 6. The summed E-state index contributed by atoms with van der Waals surface area (Å²) in [7, 11) is 1.96. The van der Waals surface area contributed by atoms with Crippen LogP contribution in [0.2, 0.25) is 0 Å². The van der Waals surface area contributed by atoms with Crippen molar-refractivity contribution < 1.29 is 0 Å². The molecule has 1 unspecified atom stereocenters. The molecule has 0 saturated carbocycles. The molecule has 0 aliphatic carbocycles. The van der Waals surface area contributed by atoms with Crippen LogP contribution in [0.3, 0.4) is 0 Å². The van der Waals surface area contributed by atoms with Gasteiger partial charge in [0.25, 0.3) is 0 Å². The van der Waals surface area contributed by atoms with Crippen molar-refractivity contribution in [1.29, 1.82) is 0 Å². The molecule has 0 aliphatic heterocycles. The first-order chi connectivity index (χ1) is 7.58. The summed E-state index contributed by atoms with van der Waals surface area (Å²) in [5, 5.41) is 4.45. The topological polar surface area (TPSA) is 56.7 Å². The number of nitrogens with two attached hydrogens (primary N) is 1. The SMILES string of the molecule is CCCC(CN)c1nc(CC(C)C)nn1C. The maximum atomic E-state index is 5.79. The van der Waals surface area contributed by atoms with Crippen molar-refractivity contribution in [2.24, 2.45) is 18.7 Å². The van der Waals surface area contributed by atoms with Gasteiger partial charge in [-0.3, -0.25) is 4.68 Å². The van der Waals surface area contributed by atoms with Crippen LogP contribution in [0.15, 0.2) is 0 Å². The Morgan fingerprint density at radius 2 is 2.06 bits per heavy atom. The third-order valence-corrected chi connectivity index (χ3v) is 2.72. The lowest BCUT2D eigenvalue weighted by Gasteiger charge is -2.11. The van der Waals surface area contributed by atoms with Crippen LogP contribution in [0.5, 0.6) is 0 Å². The summed E-state index contributed by atoms with van der Waals surface area (Å²) in [6.07, 6.45) is 3.16. The Hall–Kier alpha value is -0.900. The predicted molar refractivity (Wildman–Crippen MR) is 66.2 cm³/mol. The molecule has 0 fully saturated rings. The van der Waals surface area contributed by atoms with E-state index in [0.717, 1.165) is 30.9 Å². The van der Waals surface area contributed by atoms with E-state index < -0.39 is 0 Å².